The largest absolute Gasteiger partial charge is 0.310 e. The van der Waals surface area contributed by atoms with E-state index >= 15 is 0 Å². The minimum Gasteiger partial charge on any atom is -0.310 e. The number of hydrogen-bond donors (Lipinski definition) is 1. The third kappa shape index (κ3) is 4.08. The summed E-state index contributed by atoms with van der Waals surface area (Å²) in [6, 6.07) is 6.22. The van der Waals surface area contributed by atoms with Gasteiger partial charge in [-0.25, -0.2) is 0 Å². The van der Waals surface area contributed by atoms with Gasteiger partial charge in [-0.15, -0.1) is 0 Å². The van der Waals surface area contributed by atoms with Gasteiger partial charge in [0.05, 0.1) is 6.20 Å². The van der Waals surface area contributed by atoms with E-state index in [9.17, 15) is 0 Å². The zero-order chi connectivity index (χ0) is 14.5. The molecule has 20 heavy (non-hydrogen) atoms. The second-order valence-electron chi connectivity index (χ2n) is 4.84. The summed E-state index contributed by atoms with van der Waals surface area (Å²) in [5.41, 5.74) is 2.47. The smallest absolute Gasteiger partial charge is 0.0521 e. The molecule has 0 saturated heterocycles. The van der Waals surface area contributed by atoms with E-state index < -0.39 is 0 Å². The van der Waals surface area contributed by atoms with Crippen molar-refractivity contribution < 1.29 is 0 Å². The van der Waals surface area contributed by atoms with Gasteiger partial charge in [0.25, 0.3) is 0 Å². The highest BCUT2D eigenvalue weighted by molar-refractivity contribution is 9.10. The average Bonchev–Trinajstić information content (AvgIpc) is 2.83. The Hall–Kier alpha value is -0.840. The van der Waals surface area contributed by atoms with Crippen molar-refractivity contribution in [3.05, 3.63) is 51.2 Å². The predicted octanol–water partition coefficient (Wildman–Crippen LogP) is 4.12. The number of nitrogens with zero attached hydrogens (tertiary/aromatic N) is 2. The van der Waals surface area contributed by atoms with E-state index in [4.69, 9.17) is 11.6 Å². The molecule has 0 spiro atoms. The van der Waals surface area contributed by atoms with Gasteiger partial charge in [0, 0.05) is 28.8 Å². The van der Waals surface area contributed by atoms with E-state index in [1.165, 1.54) is 11.1 Å². The molecule has 1 unspecified atom stereocenters. The molecule has 1 heterocycles. The summed E-state index contributed by atoms with van der Waals surface area (Å²) < 4.78 is 2.94. The second-order valence-corrected chi connectivity index (χ2v) is 6.13. The van der Waals surface area contributed by atoms with Crippen LogP contribution in [0.2, 0.25) is 5.02 Å². The highest BCUT2D eigenvalue weighted by Crippen LogP contribution is 2.29. The summed E-state index contributed by atoms with van der Waals surface area (Å²) in [4.78, 5) is 0. The van der Waals surface area contributed by atoms with Crippen LogP contribution in [0.15, 0.2) is 35.1 Å². The van der Waals surface area contributed by atoms with Crippen molar-refractivity contribution >= 4 is 27.5 Å². The number of benzene rings is 1. The van der Waals surface area contributed by atoms with E-state index in [1.807, 2.05) is 36.1 Å². The summed E-state index contributed by atoms with van der Waals surface area (Å²) in [6.07, 6.45) is 6.00. The van der Waals surface area contributed by atoms with Crippen LogP contribution in [0.25, 0.3) is 0 Å². The van der Waals surface area contributed by atoms with E-state index in [-0.39, 0.29) is 6.04 Å². The van der Waals surface area contributed by atoms with E-state index in [1.54, 1.807) is 0 Å². The third-order valence-corrected chi connectivity index (χ3v) is 4.22. The molecule has 0 saturated carbocycles. The Bertz CT molecular complexity index is 568. The fourth-order valence-corrected chi connectivity index (χ4v) is 3.01. The first-order valence-electron chi connectivity index (χ1n) is 6.76. The molecule has 1 N–H and O–H groups in total. The second kappa shape index (κ2) is 7.25. The predicted molar refractivity (Wildman–Crippen MR) is 87.1 cm³/mol. The molecule has 1 atom stereocenters. The molecule has 0 bridgehead atoms. The van der Waals surface area contributed by atoms with Gasteiger partial charge in [-0.05, 0) is 48.7 Å². The molecular weight excluding hydrogens is 338 g/mol. The Morgan fingerprint density at radius 2 is 2.25 bits per heavy atom. The van der Waals surface area contributed by atoms with Crippen LogP contribution in [-0.2, 0) is 13.5 Å². The molecule has 0 aliphatic heterocycles. The van der Waals surface area contributed by atoms with Crippen molar-refractivity contribution in [2.75, 3.05) is 6.54 Å². The Balaban J connectivity index is 2.11. The van der Waals surface area contributed by atoms with Crippen LogP contribution in [0.5, 0.6) is 0 Å². The fourth-order valence-electron chi connectivity index (χ4n) is 2.31. The average molecular weight is 357 g/mol. The Labute approximate surface area is 133 Å². The van der Waals surface area contributed by atoms with Gasteiger partial charge in [-0.2, -0.15) is 5.10 Å². The number of halogens is 2. The third-order valence-electron chi connectivity index (χ3n) is 3.26. The standard InChI is InChI=1S/C15H19BrClN3/c1-3-18-15(7-4-11-9-19-20(2)10-11)13-8-12(17)5-6-14(13)16/h5-6,8-10,15,18H,3-4,7H2,1-2H3. The highest BCUT2D eigenvalue weighted by atomic mass is 79.9. The minimum atomic E-state index is 0.285. The molecule has 0 aliphatic rings. The topological polar surface area (TPSA) is 29.9 Å². The number of nitrogens with one attached hydrogen (secondary N) is 1. The van der Waals surface area contributed by atoms with Crippen LogP contribution in [0.4, 0.5) is 0 Å². The van der Waals surface area contributed by atoms with Gasteiger partial charge in [-0.1, -0.05) is 34.5 Å². The Kier molecular flexibility index (Phi) is 5.64. The summed E-state index contributed by atoms with van der Waals surface area (Å²) in [6.45, 7) is 3.05. The number of rotatable bonds is 6. The van der Waals surface area contributed by atoms with Crippen LogP contribution in [0, 0.1) is 0 Å². The molecule has 0 amide bonds. The van der Waals surface area contributed by atoms with Gasteiger partial charge < -0.3 is 5.32 Å². The summed E-state index contributed by atoms with van der Waals surface area (Å²) in [7, 11) is 1.94. The minimum absolute atomic E-state index is 0.285. The van der Waals surface area contributed by atoms with Crippen molar-refractivity contribution in [2.45, 2.75) is 25.8 Å². The monoisotopic (exact) mass is 355 g/mol. The van der Waals surface area contributed by atoms with Gasteiger partial charge in [0.15, 0.2) is 0 Å². The van der Waals surface area contributed by atoms with Crippen molar-refractivity contribution in [2.24, 2.45) is 7.05 Å². The SMILES string of the molecule is CCNC(CCc1cnn(C)c1)c1cc(Cl)ccc1Br. The molecule has 3 nitrogen and oxygen atoms in total. The van der Waals surface area contributed by atoms with Crippen LogP contribution in [0.1, 0.15) is 30.5 Å². The summed E-state index contributed by atoms with van der Waals surface area (Å²) >= 11 is 9.74. The highest BCUT2D eigenvalue weighted by Gasteiger charge is 2.14. The van der Waals surface area contributed by atoms with Gasteiger partial charge in [-0.3, -0.25) is 4.68 Å². The van der Waals surface area contributed by atoms with Crippen molar-refractivity contribution in [1.82, 2.24) is 15.1 Å². The molecule has 0 aliphatic carbocycles. The first kappa shape index (κ1) is 15.5. The normalized spacial score (nSPS) is 12.6. The molecule has 5 heteroatoms. The molecule has 0 radical (unpaired) electrons. The van der Waals surface area contributed by atoms with E-state index in [0.29, 0.717) is 0 Å². The lowest BCUT2D eigenvalue weighted by molar-refractivity contribution is 0.513. The maximum absolute atomic E-state index is 6.12. The van der Waals surface area contributed by atoms with Gasteiger partial charge in [0.2, 0.25) is 0 Å². The molecule has 108 valence electrons. The van der Waals surface area contributed by atoms with Crippen LogP contribution in [-0.4, -0.2) is 16.3 Å². The number of hydrogen-bond acceptors (Lipinski definition) is 2. The van der Waals surface area contributed by atoms with Gasteiger partial charge in [0.1, 0.15) is 0 Å². The zero-order valence-electron chi connectivity index (χ0n) is 11.7. The molecule has 0 fully saturated rings. The van der Waals surface area contributed by atoms with Crippen molar-refractivity contribution in [1.29, 1.82) is 0 Å². The fraction of sp³-hybridized carbons (Fsp3) is 0.400. The number of aromatic nitrogens is 2. The molecule has 2 rings (SSSR count). The maximum atomic E-state index is 6.12. The lowest BCUT2D eigenvalue weighted by Gasteiger charge is -2.19. The first-order valence-corrected chi connectivity index (χ1v) is 7.93. The summed E-state index contributed by atoms with van der Waals surface area (Å²) in [5, 5.41) is 8.51. The molecule has 1 aromatic heterocycles. The molecular formula is C15H19BrClN3. The summed E-state index contributed by atoms with van der Waals surface area (Å²) in [5.74, 6) is 0. The maximum Gasteiger partial charge on any atom is 0.0521 e. The zero-order valence-corrected chi connectivity index (χ0v) is 14.1. The first-order chi connectivity index (χ1) is 9.60. The van der Waals surface area contributed by atoms with Crippen molar-refractivity contribution in [3.63, 3.8) is 0 Å². The number of aryl methyl sites for hydroxylation is 2. The van der Waals surface area contributed by atoms with Gasteiger partial charge >= 0.3 is 0 Å². The molecule has 1 aromatic carbocycles. The van der Waals surface area contributed by atoms with E-state index in [2.05, 4.69) is 39.5 Å². The van der Waals surface area contributed by atoms with Crippen LogP contribution >= 0.6 is 27.5 Å². The quantitative estimate of drug-likeness (QED) is 0.844. The molecule has 2 aromatic rings. The van der Waals surface area contributed by atoms with E-state index in [0.717, 1.165) is 28.9 Å². The Morgan fingerprint density at radius 3 is 2.90 bits per heavy atom. The Morgan fingerprint density at radius 1 is 1.45 bits per heavy atom. The lowest BCUT2D eigenvalue weighted by Crippen LogP contribution is -2.22. The lowest BCUT2D eigenvalue weighted by atomic mass is 10.00. The van der Waals surface area contributed by atoms with Crippen molar-refractivity contribution in [3.8, 4) is 0 Å². The van der Waals surface area contributed by atoms with Crippen LogP contribution in [0.3, 0.4) is 0 Å². The van der Waals surface area contributed by atoms with Crippen LogP contribution < -0.4 is 5.32 Å².